The number of ether oxygens (including phenoxy) is 2. The lowest BCUT2D eigenvalue weighted by molar-refractivity contribution is -0.113. The molecule has 1 N–H and O–H groups in total. The second kappa shape index (κ2) is 9.34. The largest absolute Gasteiger partial charge is 0.497 e. The summed E-state index contributed by atoms with van der Waals surface area (Å²) in [5.41, 5.74) is 3.57. The van der Waals surface area contributed by atoms with Crippen LogP contribution in [0, 0.1) is 0 Å². The normalized spacial score (nSPS) is 11.7. The van der Waals surface area contributed by atoms with E-state index in [-0.39, 0.29) is 11.7 Å². The standard InChI is InChI=1S/C26H21N3O3S/c1-31-20-13-11-17(12-14-20)24-28-25-21(15-18-7-5-6-10-22(18)32-25)26(29-24)33-16-23(30)27-19-8-3-2-4-9-19/h2-14H,15-16H2,1H3,(H,27,30). The van der Waals surface area contributed by atoms with Gasteiger partial charge in [0.05, 0.1) is 18.4 Å². The van der Waals surface area contributed by atoms with Crippen LogP contribution in [0.25, 0.3) is 11.4 Å². The molecule has 5 rings (SSSR count). The van der Waals surface area contributed by atoms with Gasteiger partial charge in [0.15, 0.2) is 5.82 Å². The number of nitrogens with zero attached hydrogens (tertiary/aromatic N) is 2. The molecule has 0 aliphatic carbocycles. The van der Waals surface area contributed by atoms with Crippen molar-refractivity contribution in [1.82, 2.24) is 9.97 Å². The highest BCUT2D eigenvalue weighted by atomic mass is 32.2. The third-order valence-corrected chi connectivity index (χ3v) is 6.24. The number of benzene rings is 3. The molecule has 1 aliphatic heterocycles. The number of hydrogen-bond donors (Lipinski definition) is 1. The third kappa shape index (κ3) is 4.68. The van der Waals surface area contributed by atoms with Crippen molar-refractivity contribution in [2.75, 3.05) is 18.2 Å². The molecular weight excluding hydrogens is 434 g/mol. The molecule has 3 aromatic carbocycles. The van der Waals surface area contributed by atoms with Gasteiger partial charge in [0.25, 0.3) is 0 Å². The van der Waals surface area contributed by atoms with Crippen molar-refractivity contribution in [2.24, 2.45) is 0 Å². The first kappa shape index (κ1) is 21.0. The van der Waals surface area contributed by atoms with Gasteiger partial charge >= 0.3 is 0 Å². The highest BCUT2D eigenvalue weighted by Gasteiger charge is 2.24. The molecule has 0 saturated carbocycles. The minimum absolute atomic E-state index is 0.0957. The van der Waals surface area contributed by atoms with E-state index in [1.165, 1.54) is 11.8 Å². The highest BCUT2D eigenvalue weighted by Crippen LogP contribution is 2.40. The summed E-state index contributed by atoms with van der Waals surface area (Å²) in [6.07, 6.45) is 0.650. The van der Waals surface area contributed by atoms with E-state index in [1.807, 2.05) is 78.9 Å². The number of methoxy groups -OCH3 is 1. The van der Waals surface area contributed by atoms with Crippen molar-refractivity contribution in [2.45, 2.75) is 11.4 Å². The quantitative estimate of drug-likeness (QED) is 0.266. The number of thioether (sulfide) groups is 1. The number of para-hydroxylation sites is 2. The zero-order valence-corrected chi connectivity index (χ0v) is 18.8. The molecule has 4 aromatic rings. The maximum Gasteiger partial charge on any atom is 0.234 e. The van der Waals surface area contributed by atoms with Crippen molar-refractivity contribution >= 4 is 23.4 Å². The van der Waals surface area contributed by atoms with Crippen LogP contribution in [0.2, 0.25) is 0 Å². The van der Waals surface area contributed by atoms with Gasteiger partial charge < -0.3 is 14.8 Å². The Morgan fingerprint density at radius 1 is 1.00 bits per heavy atom. The monoisotopic (exact) mass is 455 g/mol. The molecule has 2 heterocycles. The first-order valence-corrected chi connectivity index (χ1v) is 11.5. The summed E-state index contributed by atoms with van der Waals surface area (Å²) >= 11 is 1.39. The molecule has 0 spiro atoms. The van der Waals surface area contributed by atoms with Crippen LogP contribution in [-0.4, -0.2) is 28.7 Å². The van der Waals surface area contributed by atoms with Gasteiger partial charge in [0, 0.05) is 17.7 Å². The predicted octanol–water partition coefficient (Wildman–Crippen LogP) is 5.58. The summed E-state index contributed by atoms with van der Waals surface area (Å²) in [5, 5.41) is 3.66. The number of anilines is 1. The van der Waals surface area contributed by atoms with Crippen LogP contribution in [0.3, 0.4) is 0 Å². The van der Waals surface area contributed by atoms with Crippen molar-refractivity contribution in [3.05, 3.63) is 90.0 Å². The fraction of sp³-hybridized carbons (Fsp3) is 0.115. The van der Waals surface area contributed by atoms with Crippen LogP contribution >= 0.6 is 11.8 Å². The molecular formula is C26H21N3O3S. The maximum atomic E-state index is 12.6. The van der Waals surface area contributed by atoms with E-state index >= 15 is 0 Å². The van der Waals surface area contributed by atoms with Gasteiger partial charge in [-0.15, -0.1) is 0 Å². The summed E-state index contributed by atoms with van der Waals surface area (Å²) in [6.45, 7) is 0. The zero-order valence-electron chi connectivity index (χ0n) is 17.9. The topological polar surface area (TPSA) is 73.3 Å². The lowest BCUT2D eigenvalue weighted by atomic mass is 10.0. The minimum atomic E-state index is -0.0957. The summed E-state index contributed by atoms with van der Waals surface area (Å²) in [4.78, 5) is 22.1. The van der Waals surface area contributed by atoms with E-state index in [2.05, 4.69) is 5.32 Å². The Morgan fingerprint density at radius 2 is 1.76 bits per heavy atom. The van der Waals surface area contributed by atoms with Crippen molar-refractivity contribution < 1.29 is 14.3 Å². The average Bonchev–Trinajstić information content (AvgIpc) is 2.86. The number of fused-ring (bicyclic) bond motifs is 2. The van der Waals surface area contributed by atoms with Crippen LogP contribution in [0.4, 0.5) is 5.69 Å². The molecule has 0 radical (unpaired) electrons. The Hall–Kier alpha value is -3.84. The van der Waals surface area contributed by atoms with E-state index in [9.17, 15) is 4.79 Å². The van der Waals surface area contributed by atoms with Gasteiger partial charge in [-0.05, 0) is 48.0 Å². The Labute approximate surface area is 196 Å². The molecule has 0 unspecified atom stereocenters. The first-order chi connectivity index (χ1) is 16.2. The van der Waals surface area contributed by atoms with Gasteiger partial charge in [0.2, 0.25) is 11.8 Å². The second-order valence-electron chi connectivity index (χ2n) is 7.45. The molecule has 164 valence electrons. The van der Waals surface area contributed by atoms with Crippen LogP contribution < -0.4 is 14.8 Å². The van der Waals surface area contributed by atoms with Gasteiger partial charge in [-0.2, -0.15) is 4.98 Å². The van der Waals surface area contributed by atoms with Gasteiger partial charge in [0.1, 0.15) is 16.5 Å². The molecule has 0 bridgehead atoms. The summed E-state index contributed by atoms with van der Waals surface area (Å²) in [7, 11) is 1.63. The molecule has 1 amide bonds. The average molecular weight is 456 g/mol. The third-order valence-electron chi connectivity index (χ3n) is 5.22. The first-order valence-electron chi connectivity index (χ1n) is 10.5. The van der Waals surface area contributed by atoms with Gasteiger partial charge in [-0.1, -0.05) is 48.2 Å². The Kier molecular flexibility index (Phi) is 5.95. The molecule has 1 aliphatic rings. The highest BCUT2D eigenvalue weighted by molar-refractivity contribution is 8.00. The zero-order chi connectivity index (χ0) is 22.6. The fourth-order valence-corrected chi connectivity index (χ4v) is 4.39. The molecule has 6 nitrogen and oxygen atoms in total. The number of nitrogens with one attached hydrogen (secondary N) is 1. The number of hydrogen-bond acceptors (Lipinski definition) is 6. The molecule has 33 heavy (non-hydrogen) atoms. The molecule has 7 heteroatoms. The number of amides is 1. The lowest BCUT2D eigenvalue weighted by Crippen LogP contribution is -2.15. The van der Waals surface area contributed by atoms with Crippen LogP contribution in [0.1, 0.15) is 11.1 Å². The molecule has 0 fully saturated rings. The Balaban J connectivity index is 1.45. The molecule has 0 atom stereocenters. The Bertz CT molecular complexity index is 1290. The van der Waals surface area contributed by atoms with E-state index in [0.717, 1.165) is 38.9 Å². The van der Waals surface area contributed by atoms with Crippen molar-refractivity contribution in [3.8, 4) is 28.8 Å². The number of carbonyl (C=O) groups excluding carboxylic acids is 1. The smallest absolute Gasteiger partial charge is 0.234 e. The minimum Gasteiger partial charge on any atom is -0.497 e. The number of aromatic nitrogens is 2. The summed E-state index contributed by atoms with van der Waals surface area (Å²) in [6, 6.07) is 24.9. The van der Waals surface area contributed by atoms with Gasteiger partial charge in [-0.3, -0.25) is 4.79 Å². The van der Waals surface area contributed by atoms with E-state index in [4.69, 9.17) is 19.4 Å². The summed E-state index contributed by atoms with van der Waals surface area (Å²) < 4.78 is 11.4. The van der Waals surface area contributed by atoms with E-state index in [1.54, 1.807) is 7.11 Å². The second-order valence-corrected chi connectivity index (χ2v) is 8.42. The maximum absolute atomic E-state index is 12.6. The van der Waals surface area contributed by atoms with Crippen molar-refractivity contribution in [1.29, 1.82) is 0 Å². The number of carbonyl (C=O) groups is 1. The van der Waals surface area contributed by atoms with Crippen LogP contribution in [-0.2, 0) is 11.2 Å². The van der Waals surface area contributed by atoms with Crippen LogP contribution in [0.5, 0.6) is 17.4 Å². The Morgan fingerprint density at radius 3 is 2.55 bits per heavy atom. The SMILES string of the molecule is COc1ccc(-c2nc3c(c(SCC(=O)Nc4ccccc4)n2)Cc2ccccc2O3)cc1. The van der Waals surface area contributed by atoms with E-state index in [0.29, 0.717) is 18.1 Å². The van der Waals surface area contributed by atoms with Crippen LogP contribution in [0.15, 0.2) is 83.9 Å². The van der Waals surface area contributed by atoms with Gasteiger partial charge in [-0.25, -0.2) is 4.98 Å². The van der Waals surface area contributed by atoms with E-state index < -0.39 is 0 Å². The predicted molar refractivity (Wildman–Crippen MR) is 129 cm³/mol. The lowest BCUT2D eigenvalue weighted by Gasteiger charge is -2.21. The number of rotatable bonds is 6. The fourth-order valence-electron chi connectivity index (χ4n) is 3.56. The van der Waals surface area contributed by atoms with Crippen molar-refractivity contribution in [3.63, 3.8) is 0 Å². The summed E-state index contributed by atoms with van der Waals surface area (Å²) in [5.74, 6) is 2.75. The molecule has 0 saturated heterocycles. The molecule has 1 aromatic heterocycles.